The first-order valence-corrected chi connectivity index (χ1v) is 8.70. The Morgan fingerprint density at radius 3 is 2.84 bits per heavy atom. The lowest BCUT2D eigenvalue weighted by Crippen LogP contribution is -2.10. The molecule has 3 aromatic heterocycles. The molecule has 0 fully saturated rings. The van der Waals surface area contributed by atoms with E-state index in [0.717, 1.165) is 35.3 Å². The van der Waals surface area contributed by atoms with Gasteiger partial charge in [0.2, 0.25) is 0 Å². The number of rotatable bonds is 8. The summed E-state index contributed by atoms with van der Waals surface area (Å²) in [4.78, 5) is 13.6. The number of nitrogens with zero attached hydrogens (tertiary/aromatic N) is 4. The van der Waals surface area contributed by atoms with Crippen molar-refractivity contribution >= 4 is 27.9 Å². The molecule has 0 saturated carbocycles. The lowest BCUT2D eigenvalue weighted by molar-refractivity contribution is 0.0742. The molecule has 3 rings (SSSR count). The Kier molecular flexibility index (Phi) is 5.45. The van der Waals surface area contributed by atoms with Gasteiger partial charge in [0.1, 0.15) is 29.0 Å². The Hall–Kier alpha value is -2.25. The van der Waals surface area contributed by atoms with Crippen molar-refractivity contribution in [2.24, 2.45) is 0 Å². The Labute approximate surface area is 147 Å². The maximum atomic E-state index is 6.15. The first kappa shape index (κ1) is 17.6. The maximum Gasteiger partial charge on any atom is 0.152 e. The van der Waals surface area contributed by atoms with Crippen LogP contribution in [-0.2, 0) is 22.6 Å². The lowest BCUT2D eigenvalue weighted by Gasteiger charge is -2.12. The molecule has 134 valence electrons. The van der Waals surface area contributed by atoms with E-state index in [1.807, 2.05) is 32.9 Å². The number of anilines is 1. The van der Waals surface area contributed by atoms with Gasteiger partial charge in [0, 0.05) is 26.0 Å². The zero-order valence-electron chi connectivity index (χ0n) is 15.0. The third-order valence-corrected chi connectivity index (χ3v) is 3.95. The Morgan fingerprint density at radius 1 is 1.24 bits per heavy atom. The van der Waals surface area contributed by atoms with E-state index in [1.165, 1.54) is 0 Å². The van der Waals surface area contributed by atoms with E-state index in [4.69, 9.17) is 15.2 Å². The summed E-state index contributed by atoms with van der Waals surface area (Å²) in [5.74, 6) is 1.26. The summed E-state index contributed by atoms with van der Waals surface area (Å²) in [5, 5.41) is 0. The van der Waals surface area contributed by atoms with Crippen LogP contribution in [0.5, 0.6) is 0 Å². The zero-order chi connectivity index (χ0) is 17.8. The van der Waals surface area contributed by atoms with E-state index < -0.39 is 0 Å². The first-order valence-electron chi connectivity index (χ1n) is 8.70. The van der Waals surface area contributed by atoms with Gasteiger partial charge in [-0.15, -0.1) is 0 Å². The number of aromatic nitrogens is 4. The van der Waals surface area contributed by atoms with E-state index >= 15 is 0 Å². The highest BCUT2D eigenvalue weighted by Gasteiger charge is 2.18. The number of hydrogen-bond acceptors (Lipinski definition) is 6. The quantitative estimate of drug-likeness (QED) is 0.633. The van der Waals surface area contributed by atoms with Crippen LogP contribution in [0, 0.1) is 0 Å². The van der Waals surface area contributed by atoms with E-state index in [9.17, 15) is 0 Å². The highest BCUT2D eigenvalue weighted by Crippen LogP contribution is 2.28. The van der Waals surface area contributed by atoms with Gasteiger partial charge in [-0.2, -0.15) is 0 Å². The smallest absolute Gasteiger partial charge is 0.152 e. The number of nitrogen functional groups attached to an aromatic ring is 1. The van der Waals surface area contributed by atoms with E-state index in [0.29, 0.717) is 31.2 Å². The zero-order valence-corrected chi connectivity index (χ0v) is 15.0. The molecule has 0 saturated heterocycles. The van der Waals surface area contributed by atoms with E-state index in [1.54, 1.807) is 6.20 Å². The Morgan fingerprint density at radius 2 is 2.08 bits per heavy atom. The second kappa shape index (κ2) is 7.76. The molecular formula is C18H25N5O2. The molecule has 7 nitrogen and oxygen atoms in total. The summed E-state index contributed by atoms with van der Waals surface area (Å²) in [7, 11) is 0. The summed E-state index contributed by atoms with van der Waals surface area (Å²) in [6.45, 7) is 8.57. The second-order valence-electron chi connectivity index (χ2n) is 6.16. The molecule has 0 radical (unpaired) electrons. The summed E-state index contributed by atoms with van der Waals surface area (Å²) in [5.41, 5.74) is 9.34. The molecule has 0 aliphatic heterocycles. The number of imidazole rings is 1. The summed E-state index contributed by atoms with van der Waals surface area (Å²) >= 11 is 0. The minimum Gasteiger partial charge on any atom is -0.382 e. The molecule has 0 amide bonds. The van der Waals surface area contributed by atoms with Crippen LogP contribution in [-0.4, -0.2) is 38.8 Å². The molecule has 0 bridgehead atoms. The van der Waals surface area contributed by atoms with Crippen molar-refractivity contribution in [2.45, 2.75) is 46.4 Å². The van der Waals surface area contributed by atoms with E-state index in [-0.39, 0.29) is 6.10 Å². The Balaban J connectivity index is 2.05. The van der Waals surface area contributed by atoms with Gasteiger partial charge in [-0.3, -0.25) is 4.98 Å². The minimum absolute atomic E-state index is 0.227. The lowest BCUT2D eigenvalue weighted by atomic mass is 10.2. The van der Waals surface area contributed by atoms with Crippen LogP contribution in [0.1, 0.15) is 33.0 Å². The topological polar surface area (TPSA) is 88.1 Å². The van der Waals surface area contributed by atoms with Crippen LogP contribution >= 0.6 is 0 Å². The molecule has 0 aromatic carbocycles. The standard InChI is InChI=1S/C18H25N5O2/c1-4-24-11-14-22-16-17(23(14)9-6-10-25-12(2)3)15-13(21-18(16)19)7-5-8-20-15/h5,7-8,12H,4,6,9-11H2,1-3H3,(H2,19,21). The number of aryl methyl sites for hydroxylation is 1. The molecule has 25 heavy (non-hydrogen) atoms. The molecule has 7 heteroatoms. The molecule has 0 unspecified atom stereocenters. The fourth-order valence-electron chi connectivity index (χ4n) is 2.86. The molecule has 2 N–H and O–H groups in total. The number of pyridine rings is 2. The van der Waals surface area contributed by atoms with Gasteiger partial charge in [-0.25, -0.2) is 9.97 Å². The van der Waals surface area contributed by atoms with Crippen LogP contribution in [0.3, 0.4) is 0 Å². The first-order chi connectivity index (χ1) is 12.1. The van der Waals surface area contributed by atoms with Gasteiger partial charge in [-0.05, 0) is 39.3 Å². The van der Waals surface area contributed by atoms with Crippen molar-refractivity contribution in [1.82, 2.24) is 19.5 Å². The third kappa shape index (κ3) is 3.72. The number of nitrogens with two attached hydrogens (primary N) is 1. The largest absolute Gasteiger partial charge is 0.382 e. The van der Waals surface area contributed by atoms with E-state index in [2.05, 4.69) is 19.5 Å². The van der Waals surface area contributed by atoms with Crippen LogP contribution in [0.2, 0.25) is 0 Å². The predicted octanol–water partition coefficient (Wildman–Crippen LogP) is 2.91. The molecule has 0 aliphatic rings. The second-order valence-corrected chi connectivity index (χ2v) is 6.16. The highest BCUT2D eigenvalue weighted by molar-refractivity contribution is 6.04. The Bertz CT molecular complexity index is 859. The van der Waals surface area contributed by atoms with Crippen molar-refractivity contribution in [2.75, 3.05) is 18.9 Å². The summed E-state index contributed by atoms with van der Waals surface area (Å²) in [6.07, 6.45) is 2.87. The normalized spacial score (nSPS) is 11.8. The monoisotopic (exact) mass is 343 g/mol. The van der Waals surface area contributed by atoms with Gasteiger partial charge in [-0.1, -0.05) is 0 Å². The number of hydrogen-bond donors (Lipinski definition) is 1. The van der Waals surface area contributed by atoms with Crippen LogP contribution in [0.15, 0.2) is 18.3 Å². The van der Waals surface area contributed by atoms with Crippen LogP contribution < -0.4 is 5.73 Å². The molecular weight excluding hydrogens is 318 g/mol. The average Bonchev–Trinajstić information content (AvgIpc) is 2.96. The van der Waals surface area contributed by atoms with Crippen molar-refractivity contribution in [3.05, 3.63) is 24.2 Å². The summed E-state index contributed by atoms with van der Waals surface area (Å²) < 4.78 is 13.4. The van der Waals surface area contributed by atoms with Gasteiger partial charge < -0.3 is 19.8 Å². The van der Waals surface area contributed by atoms with Crippen molar-refractivity contribution < 1.29 is 9.47 Å². The fourth-order valence-corrected chi connectivity index (χ4v) is 2.86. The predicted molar refractivity (Wildman–Crippen MR) is 98.3 cm³/mol. The van der Waals surface area contributed by atoms with Gasteiger partial charge >= 0.3 is 0 Å². The van der Waals surface area contributed by atoms with Crippen LogP contribution in [0.4, 0.5) is 5.82 Å². The van der Waals surface area contributed by atoms with Crippen molar-refractivity contribution in [1.29, 1.82) is 0 Å². The van der Waals surface area contributed by atoms with Gasteiger partial charge in [0.25, 0.3) is 0 Å². The average molecular weight is 343 g/mol. The SMILES string of the molecule is CCOCc1nc2c(N)nc3cccnc3c2n1CCCOC(C)C. The number of ether oxygens (including phenoxy) is 2. The summed E-state index contributed by atoms with van der Waals surface area (Å²) in [6, 6.07) is 3.78. The molecule has 0 aliphatic carbocycles. The molecule has 3 heterocycles. The molecule has 3 aromatic rings. The number of fused-ring (bicyclic) bond motifs is 3. The van der Waals surface area contributed by atoms with Crippen LogP contribution in [0.25, 0.3) is 22.1 Å². The molecule has 0 spiro atoms. The van der Waals surface area contributed by atoms with Gasteiger partial charge in [0.05, 0.1) is 11.6 Å². The maximum absolute atomic E-state index is 6.15. The minimum atomic E-state index is 0.227. The van der Waals surface area contributed by atoms with Gasteiger partial charge in [0.15, 0.2) is 5.82 Å². The fraction of sp³-hybridized carbons (Fsp3) is 0.500. The third-order valence-electron chi connectivity index (χ3n) is 3.95. The van der Waals surface area contributed by atoms with Crippen molar-refractivity contribution in [3.8, 4) is 0 Å². The highest BCUT2D eigenvalue weighted by atomic mass is 16.5. The van der Waals surface area contributed by atoms with Crippen molar-refractivity contribution in [3.63, 3.8) is 0 Å². The molecule has 0 atom stereocenters.